The summed E-state index contributed by atoms with van der Waals surface area (Å²) in [5.74, 6) is -1.38. The third-order valence-corrected chi connectivity index (χ3v) is 3.84. The fourth-order valence-electron chi connectivity index (χ4n) is 2.10. The summed E-state index contributed by atoms with van der Waals surface area (Å²) in [5.41, 5.74) is -0.870. The highest BCUT2D eigenvalue weighted by atomic mass is 32.2. The van der Waals surface area contributed by atoms with E-state index in [9.17, 15) is 23.1 Å². The lowest BCUT2D eigenvalue weighted by molar-refractivity contribution is -0.137. The number of anilines is 2. The molecule has 0 amide bonds. The Hall–Kier alpha value is -2.75. The monoisotopic (exact) mass is 398 g/mol. The van der Waals surface area contributed by atoms with E-state index in [2.05, 4.69) is 15.3 Å². The molecule has 27 heavy (non-hydrogen) atoms. The molecule has 2 N–H and O–H groups in total. The van der Waals surface area contributed by atoms with Crippen molar-refractivity contribution in [1.29, 1.82) is 0 Å². The predicted octanol–water partition coefficient (Wildman–Crippen LogP) is 4.19. The Labute approximate surface area is 158 Å². The fraction of sp³-hybridized carbons (Fsp3) is 0.235. The fourth-order valence-corrected chi connectivity index (χ4v) is 2.47. The number of carboxylic acids is 1. The largest absolute Gasteiger partial charge is 0.477 e. The molecule has 0 unspecified atom stereocenters. The van der Waals surface area contributed by atoms with Gasteiger partial charge in [0.15, 0.2) is 5.16 Å². The third-order valence-electron chi connectivity index (χ3n) is 3.30. The molecule has 0 radical (unpaired) electrons. The van der Waals surface area contributed by atoms with Gasteiger partial charge in [-0.2, -0.15) is 13.2 Å². The van der Waals surface area contributed by atoms with E-state index >= 15 is 0 Å². The number of benzene rings is 1. The van der Waals surface area contributed by atoms with Crippen molar-refractivity contribution in [3.63, 3.8) is 0 Å². The number of aromatic carboxylic acids is 1. The van der Waals surface area contributed by atoms with Crippen LogP contribution in [0.5, 0.6) is 0 Å². The van der Waals surface area contributed by atoms with Crippen LogP contribution < -0.4 is 5.32 Å². The smallest absolute Gasteiger partial charge is 0.416 e. The molecule has 1 aromatic heterocycles. The topological polar surface area (TPSA) is 78.4 Å². The molecular weight excluding hydrogens is 381 g/mol. The van der Waals surface area contributed by atoms with Crippen LogP contribution in [-0.2, 0) is 6.18 Å². The highest BCUT2D eigenvalue weighted by Gasteiger charge is 2.30. The van der Waals surface area contributed by atoms with Crippen LogP contribution >= 0.6 is 11.8 Å². The molecule has 0 aliphatic carbocycles. The Morgan fingerprint density at radius 3 is 2.56 bits per heavy atom. The minimum Gasteiger partial charge on any atom is -0.477 e. The Kier molecular flexibility index (Phi) is 6.32. The van der Waals surface area contributed by atoms with E-state index < -0.39 is 17.7 Å². The normalized spacial score (nSPS) is 11.6. The van der Waals surface area contributed by atoms with Crippen molar-refractivity contribution < 1.29 is 23.1 Å². The van der Waals surface area contributed by atoms with Gasteiger partial charge >= 0.3 is 12.1 Å². The van der Waals surface area contributed by atoms with Gasteiger partial charge in [0.05, 0.1) is 11.3 Å². The molecule has 0 spiro atoms. The molecular formula is C17H17F3N4O2S. The van der Waals surface area contributed by atoms with Gasteiger partial charge in [-0.05, 0) is 30.5 Å². The minimum absolute atomic E-state index is 0.0700. The molecule has 10 heteroatoms. The highest BCUT2D eigenvalue weighted by molar-refractivity contribution is 7.98. The van der Waals surface area contributed by atoms with Gasteiger partial charge in [0.1, 0.15) is 11.4 Å². The molecule has 2 rings (SSSR count). The van der Waals surface area contributed by atoms with Gasteiger partial charge in [0, 0.05) is 26.0 Å². The van der Waals surface area contributed by atoms with E-state index in [-0.39, 0.29) is 27.9 Å². The van der Waals surface area contributed by atoms with Crippen LogP contribution in [0.2, 0.25) is 0 Å². The molecule has 1 aromatic carbocycles. The van der Waals surface area contributed by atoms with E-state index in [0.29, 0.717) is 0 Å². The first kappa shape index (κ1) is 20.6. The van der Waals surface area contributed by atoms with E-state index in [4.69, 9.17) is 0 Å². The number of carbonyl (C=O) groups is 1. The van der Waals surface area contributed by atoms with Crippen LogP contribution in [0, 0.1) is 0 Å². The number of carboxylic acid groups (broad SMARTS) is 1. The molecule has 6 nitrogen and oxygen atoms in total. The van der Waals surface area contributed by atoms with Crippen molar-refractivity contribution >= 4 is 35.3 Å². The van der Waals surface area contributed by atoms with E-state index in [0.717, 1.165) is 12.1 Å². The number of hydrogen-bond acceptors (Lipinski definition) is 6. The molecule has 1 heterocycles. The molecule has 0 atom stereocenters. The molecule has 0 aliphatic rings. The van der Waals surface area contributed by atoms with Crippen molar-refractivity contribution in [3.05, 3.63) is 47.3 Å². The number of halogens is 3. The number of nitrogens with one attached hydrogen (secondary N) is 1. The maximum atomic E-state index is 12.9. The Morgan fingerprint density at radius 2 is 2.00 bits per heavy atom. The first-order valence-corrected chi connectivity index (χ1v) is 8.82. The van der Waals surface area contributed by atoms with E-state index in [1.807, 2.05) is 0 Å². The SMILES string of the molecule is CSc1nc(/C=C/N(C)C)c(C(=O)O)c(Nc2cccc(C(F)(F)F)c2)n1. The Morgan fingerprint density at radius 1 is 1.30 bits per heavy atom. The quantitative estimate of drug-likeness (QED) is 0.558. The van der Waals surface area contributed by atoms with Gasteiger partial charge in [-0.1, -0.05) is 17.8 Å². The zero-order chi connectivity index (χ0) is 20.2. The summed E-state index contributed by atoms with van der Waals surface area (Å²) >= 11 is 1.19. The molecule has 2 aromatic rings. The molecule has 0 saturated heterocycles. The zero-order valence-electron chi connectivity index (χ0n) is 14.7. The number of aromatic nitrogens is 2. The Bertz CT molecular complexity index is 870. The van der Waals surface area contributed by atoms with Crippen LogP contribution in [0.3, 0.4) is 0 Å². The van der Waals surface area contributed by atoms with Crippen LogP contribution in [0.15, 0.2) is 35.6 Å². The maximum Gasteiger partial charge on any atom is 0.416 e. The second-order valence-electron chi connectivity index (χ2n) is 5.61. The van der Waals surface area contributed by atoms with E-state index in [1.54, 1.807) is 31.5 Å². The average molecular weight is 398 g/mol. The van der Waals surface area contributed by atoms with Gasteiger partial charge in [-0.15, -0.1) is 0 Å². The van der Waals surface area contributed by atoms with Crippen molar-refractivity contribution in [2.75, 3.05) is 25.7 Å². The second kappa shape index (κ2) is 8.30. The predicted molar refractivity (Wildman–Crippen MR) is 98.2 cm³/mol. The van der Waals surface area contributed by atoms with Crippen LogP contribution in [0.4, 0.5) is 24.7 Å². The van der Waals surface area contributed by atoms with Crippen molar-refractivity contribution in [2.24, 2.45) is 0 Å². The average Bonchev–Trinajstić information content (AvgIpc) is 2.58. The first-order valence-electron chi connectivity index (χ1n) is 7.60. The van der Waals surface area contributed by atoms with Crippen molar-refractivity contribution in [1.82, 2.24) is 14.9 Å². The summed E-state index contributed by atoms with van der Waals surface area (Å²) in [5, 5.41) is 12.5. The van der Waals surface area contributed by atoms with E-state index in [1.165, 1.54) is 30.0 Å². The summed E-state index contributed by atoms with van der Waals surface area (Å²) in [4.78, 5) is 21.7. The summed E-state index contributed by atoms with van der Waals surface area (Å²) in [7, 11) is 3.52. The van der Waals surface area contributed by atoms with Crippen molar-refractivity contribution in [3.8, 4) is 0 Å². The standard InChI is InChI=1S/C17H17F3N4O2S/c1-24(2)8-7-12-13(15(25)26)14(23-16(22-12)27-3)21-11-6-4-5-10(9-11)17(18,19)20/h4-9H,1-3H3,(H,25,26)(H,21,22,23)/b8-7+. The summed E-state index contributed by atoms with van der Waals surface area (Å²) in [6.45, 7) is 0. The minimum atomic E-state index is -4.51. The maximum absolute atomic E-state index is 12.9. The van der Waals surface area contributed by atoms with Gasteiger partial charge < -0.3 is 15.3 Å². The molecule has 0 saturated carbocycles. The molecule has 144 valence electrons. The van der Waals surface area contributed by atoms with Gasteiger partial charge in [-0.3, -0.25) is 0 Å². The van der Waals surface area contributed by atoms with Crippen LogP contribution in [0.25, 0.3) is 6.08 Å². The van der Waals surface area contributed by atoms with Gasteiger partial charge in [0.2, 0.25) is 0 Å². The highest BCUT2D eigenvalue weighted by Crippen LogP contribution is 2.32. The second-order valence-corrected chi connectivity index (χ2v) is 6.38. The van der Waals surface area contributed by atoms with Crippen LogP contribution in [0.1, 0.15) is 21.6 Å². The first-order chi connectivity index (χ1) is 12.6. The van der Waals surface area contributed by atoms with Crippen LogP contribution in [-0.4, -0.2) is 46.3 Å². The van der Waals surface area contributed by atoms with Crippen molar-refractivity contribution in [2.45, 2.75) is 11.3 Å². The number of alkyl halides is 3. The molecule has 0 bridgehead atoms. The number of rotatable bonds is 6. The number of thioether (sulfide) groups is 1. The lowest BCUT2D eigenvalue weighted by Gasteiger charge is -2.14. The lowest BCUT2D eigenvalue weighted by atomic mass is 10.1. The summed E-state index contributed by atoms with van der Waals surface area (Å²) < 4.78 is 38.7. The molecule has 0 fully saturated rings. The summed E-state index contributed by atoms with van der Waals surface area (Å²) in [6.07, 6.45) is 0.321. The zero-order valence-corrected chi connectivity index (χ0v) is 15.5. The lowest BCUT2D eigenvalue weighted by Crippen LogP contribution is -2.11. The Balaban J connectivity index is 2.55. The summed E-state index contributed by atoms with van der Waals surface area (Å²) in [6, 6.07) is 4.45. The third kappa shape index (κ3) is 5.36. The number of hydrogen-bond donors (Lipinski definition) is 2. The molecule has 0 aliphatic heterocycles. The van der Waals surface area contributed by atoms with Gasteiger partial charge in [0.25, 0.3) is 0 Å². The van der Waals surface area contributed by atoms with Gasteiger partial charge in [-0.25, -0.2) is 14.8 Å². The number of nitrogens with zero attached hydrogens (tertiary/aromatic N) is 3.